The summed E-state index contributed by atoms with van der Waals surface area (Å²) < 4.78 is 13.4. The van der Waals surface area contributed by atoms with Crippen molar-refractivity contribution < 1.29 is 4.39 Å². The number of alkyl halides is 1. The molecule has 0 aromatic carbocycles. The minimum atomic E-state index is -0.274. The topological polar surface area (TPSA) is 0 Å². The van der Waals surface area contributed by atoms with Crippen LogP contribution in [0.1, 0.15) is 52.4 Å². The van der Waals surface area contributed by atoms with Gasteiger partial charge in [-0.15, -0.1) is 0 Å². The number of hydrogen-bond donors (Lipinski definition) is 0. The molecule has 2 heteroatoms. The lowest BCUT2D eigenvalue weighted by molar-refractivity contribution is 0.552. The minimum absolute atomic E-state index is 0.274. The second-order valence-electron chi connectivity index (χ2n) is 3.35. The third-order valence-corrected chi connectivity index (χ3v) is 3.22. The van der Waals surface area contributed by atoms with Crippen LogP contribution in [0.4, 0.5) is 4.39 Å². The first-order valence-electron chi connectivity index (χ1n) is 5.18. The maximum absolute atomic E-state index is 12.4. The molecule has 0 spiro atoms. The summed E-state index contributed by atoms with van der Waals surface area (Å²) in [7, 11) is 0. The van der Waals surface area contributed by atoms with E-state index >= 15 is 0 Å². The van der Waals surface area contributed by atoms with Gasteiger partial charge in [0.1, 0.15) is 6.67 Å². The zero-order valence-corrected chi connectivity index (χ0v) is 10.9. The number of halogens is 2. The van der Waals surface area contributed by atoms with E-state index in [0.29, 0.717) is 0 Å². The SMILES string of the molecule is CCCCC(CCCC)=C(I)CF. The van der Waals surface area contributed by atoms with Gasteiger partial charge in [-0.2, -0.15) is 0 Å². The van der Waals surface area contributed by atoms with Crippen molar-refractivity contribution in [2.24, 2.45) is 0 Å². The molecule has 0 aliphatic heterocycles. The van der Waals surface area contributed by atoms with E-state index in [9.17, 15) is 4.39 Å². The molecule has 0 aliphatic carbocycles. The Kier molecular flexibility index (Phi) is 9.25. The smallest absolute Gasteiger partial charge is 0.120 e. The predicted octanol–water partition coefficient (Wildman–Crippen LogP) is 5.03. The molecule has 0 nitrogen and oxygen atoms in total. The van der Waals surface area contributed by atoms with Crippen LogP contribution in [0.15, 0.2) is 9.15 Å². The Morgan fingerprint density at radius 2 is 1.54 bits per heavy atom. The van der Waals surface area contributed by atoms with Gasteiger partial charge < -0.3 is 0 Å². The molecule has 13 heavy (non-hydrogen) atoms. The second-order valence-corrected chi connectivity index (χ2v) is 4.65. The zero-order chi connectivity index (χ0) is 10.1. The maximum Gasteiger partial charge on any atom is 0.120 e. The molecule has 0 heterocycles. The van der Waals surface area contributed by atoms with E-state index in [4.69, 9.17) is 0 Å². The number of rotatable bonds is 7. The van der Waals surface area contributed by atoms with Gasteiger partial charge in [0.05, 0.1) is 0 Å². The second kappa shape index (κ2) is 8.97. The summed E-state index contributed by atoms with van der Waals surface area (Å²) in [5, 5.41) is 0. The highest BCUT2D eigenvalue weighted by Crippen LogP contribution is 2.23. The van der Waals surface area contributed by atoms with E-state index < -0.39 is 0 Å². The van der Waals surface area contributed by atoms with Crippen molar-refractivity contribution in [1.82, 2.24) is 0 Å². The largest absolute Gasteiger partial charge is 0.245 e. The fourth-order valence-electron chi connectivity index (χ4n) is 1.27. The van der Waals surface area contributed by atoms with E-state index in [2.05, 4.69) is 36.4 Å². The van der Waals surface area contributed by atoms with Crippen molar-refractivity contribution in [3.8, 4) is 0 Å². The third kappa shape index (κ3) is 6.47. The first-order chi connectivity index (χ1) is 6.26. The van der Waals surface area contributed by atoms with Gasteiger partial charge in [0.2, 0.25) is 0 Å². The normalized spacial score (nSPS) is 10.2. The molecule has 0 atom stereocenters. The van der Waals surface area contributed by atoms with Crippen LogP contribution in [-0.4, -0.2) is 6.67 Å². The average molecular weight is 298 g/mol. The summed E-state index contributed by atoms with van der Waals surface area (Å²) in [6, 6.07) is 0. The van der Waals surface area contributed by atoms with Crippen molar-refractivity contribution in [3.63, 3.8) is 0 Å². The van der Waals surface area contributed by atoms with Crippen LogP contribution >= 0.6 is 22.6 Å². The van der Waals surface area contributed by atoms with Gasteiger partial charge in [-0.05, 0) is 48.3 Å². The van der Waals surface area contributed by atoms with Crippen LogP contribution in [0.5, 0.6) is 0 Å². The first-order valence-corrected chi connectivity index (χ1v) is 6.26. The fourth-order valence-corrected chi connectivity index (χ4v) is 1.81. The number of allylic oxidation sites excluding steroid dienone is 2. The summed E-state index contributed by atoms with van der Waals surface area (Å²) in [6.07, 6.45) is 6.99. The summed E-state index contributed by atoms with van der Waals surface area (Å²) in [4.78, 5) is 0. The lowest BCUT2D eigenvalue weighted by Crippen LogP contribution is -1.90. The fraction of sp³-hybridized carbons (Fsp3) is 0.818. The molecule has 0 amide bonds. The van der Waals surface area contributed by atoms with Crippen molar-refractivity contribution in [2.75, 3.05) is 6.67 Å². The number of unbranched alkanes of at least 4 members (excludes halogenated alkanes) is 2. The molecule has 0 N–H and O–H groups in total. The van der Waals surface area contributed by atoms with Crippen molar-refractivity contribution in [3.05, 3.63) is 9.15 Å². The summed E-state index contributed by atoms with van der Waals surface area (Å²) in [5.41, 5.74) is 1.35. The molecule has 0 bridgehead atoms. The van der Waals surface area contributed by atoms with Crippen LogP contribution in [-0.2, 0) is 0 Å². The van der Waals surface area contributed by atoms with Crippen molar-refractivity contribution in [2.45, 2.75) is 52.4 Å². The minimum Gasteiger partial charge on any atom is -0.245 e. The Morgan fingerprint density at radius 3 is 1.85 bits per heavy atom. The van der Waals surface area contributed by atoms with Crippen LogP contribution in [0.3, 0.4) is 0 Å². The van der Waals surface area contributed by atoms with E-state index in [1.807, 2.05) is 0 Å². The maximum atomic E-state index is 12.4. The Hall–Kier alpha value is 0.400. The van der Waals surface area contributed by atoms with E-state index in [1.54, 1.807) is 0 Å². The molecular formula is C11H20FI. The quantitative estimate of drug-likeness (QED) is 0.579. The third-order valence-electron chi connectivity index (χ3n) is 2.17. The molecule has 0 saturated carbocycles. The van der Waals surface area contributed by atoms with E-state index in [1.165, 1.54) is 31.3 Å². The molecule has 0 fully saturated rings. The molecule has 0 aliphatic rings. The van der Waals surface area contributed by atoms with Gasteiger partial charge >= 0.3 is 0 Å². The Balaban J connectivity index is 4.02. The van der Waals surface area contributed by atoms with Crippen LogP contribution in [0.2, 0.25) is 0 Å². The Bertz CT molecular complexity index is 142. The highest BCUT2D eigenvalue weighted by Gasteiger charge is 2.03. The van der Waals surface area contributed by atoms with Gasteiger partial charge in [0.15, 0.2) is 0 Å². The summed E-state index contributed by atoms with van der Waals surface area (Å²) in [5.74, 6) is 0. The molecule has 0 saturated heterocycles. The standard InChI is InChI=1S/C11H20FI/c1-3-5-7-10(8-6-4-2)11(13)9-12/h3-9H2,1-2H3. The number of hydrogen-bond acceptors (Lipinski definition) is 0. The summed E-state index contributed by atoms with van der Waals surface area (Å²) >= 11 is 2.15. The predicted molar refractivity (Wildman–Crippen MR) is 66.1 cm³/mol. The lowest BCUT2D eigenvalue weighted by Gasteiger charge is -2.08. The molecule has 0 unspecified atom stereocenters. The van der Waals surface area contributed by atoms with Crippen LogP contribution < -0.4 is 0 Å². The van der Waals surface area contributed by atoms with Gasteiger partial charge in [-0.25, -0.2) is 4.39 Å². The highest BCUT2D eigenvalue weighted by molar-refractivity contribution is 14.1. The Labute approximate surface area is 95.1 Å². The van der Waals surface area contributed by atoms with E-state index in [0.717, 1.165) is 16.4 Å². The Morgan fingerprint density at radius 1 is 1.08 bits per heavy atom. The molecule has 78 valence electrons. The van der Waals surface area contributed by atoms with Crippen molar-refractivity contribution >= 4 is 22.6 Å². The van der Waals surface area contributed by atoms with Crippen LogP contribution in [0, 0.1) is 0 Å². The lowest BCUT2D eigenvalue weighted by atomic mass is 10.0. The average Bonchev–Trinajstić information content (AvgIpc) is 2.17. The van der Waals surface area contributed by atoms with Gasteiger partial charge in [-0.3, -0.25) is 0 Å². The van der Waals surface area contributed by atoms with Gasteiger partial charge in [-0.1, -0.05) is 32.3 Å². The molecule has 0 radical (unpaired) electrons. The molecule has 0 aromatic rings. The highest BCUT2D eigenvalue weighted by atomic mass is 127. The van der Waals surface area contributed by atoms with Gasteiger partial charge in [0.25, 0.3) is 0 Å². The zero-order valence-electron chi connectivity index (χ0n) is 8.71. The van der Waals surface area contributed by atoms with Gasteiger partial charge in [0, 0.05) is 3.58 Å². The van der Waals surface area contributed by atoms with E-state index in [-0.39, 0.29) is 6.67 Å². The van der Waals surface area contributed by atoms with Crippen LogP contribution in [0.25, 0.3) is 0 Å². The first kappa shape index (κ1) is 13.4. The monoisotopic (exact) mass is 298 g/mol. The van der Waals surface area contributed by atoms with Crippen molar-refractivity contribution in [1.29, 1.82) is 0 Å². The molecule has 0 rings (SSSR count). The molecule has 0 aromatic heterocycles. The summed E-state index contributed by atoms with van der Waals surface area (Å²) in [6.45, 7) is 4.09. The molecular weight excluding hydrogens is 278 g/mol.